The highest BCUT2D eigenvalue weighted by Gasteiger charge is 2.09. The lowest BCUT2D eigenvalue weighted by Crippen LogP contribution is -2.08. The molecule has 1 heterocycles. The molecule has 0 amide bonds. The third kappa shape index (κ3) is 3.42. The van der Waals surface area contributed by atoms with Crippen LogP contribution in [0.3, 0.4) is 0 Å². The minimum Gasteiger partial charge on any atom is -0.379 e. The summed E-state index contributed by atoms with van der Waals surface area (Å²) in [4.78, 5) is 14.7. The number of hydrogen-bond donors (Lipinski definition) is 3. The van der Waals surface area contributed by atoms with Crippen LogP contribution >= 0.6 is 0 Å². The Morgan fingerprint density at radius 3 is 2.70 bits per heavy atom. The maximum Gasteiger partial charge on any atom is 0.273 e. The van der Waals surface area contributed by atoms with Gasteiger partial charge in [0.1, 0.15) is 0 Å². The van der Waals surface area contributed by atoms with Gasteiger partial charge in [-0.15, -0.1) is 0 Å². The molecule has 104 valence electrons. The van der Waals surface area contributed by atoms with Crippen LogP contribution in [0.1, 0.15) is 11.4 Å². The molecule has 0 aliphatic heterocycles. The van der Waals surface area contributed by atoms with Crippen LogP contribution in [0.2, 0.25) is 0 Å². The van der Waals surface area contributed by atoms with Crippen molar-refractivity contribution >= 4 is 17.1 Å². The van der Waals surface area contributed by atoms with Crippen molar-refractivity contribution in [1.29, 1.82) is 0 Å². The number of nitro benzene ring substituents is 1. The van der Waals surface area contributed by atoms with Crippen LogP contribution in [-0.2, 0) is 6.54 Å². The molecule has 20 heavy (non-hydrogen) atoms. The molecule has 0 spiro atoms. The molecular weight excluding hydrogens is 258 g/mol. The fraction of sp³-hybridized carbons (Fsp3) is 0.154. The number of nitrogens with one attached hydrogen (secondary N) is 2. The Morgan fingerprint density at radius 2 is 2.05 bits per heavy atom. The fourth-order valence-corrected chi connectivity index (χ4v) is 1.79. The summed E-state index contributed by atoms with van der Waals surface area (Å²) in [6.45, 7) is 2.39. The zero-order valence-electron chi connectivity index (χ0n) is 11.0. The highest BCUT2D eigenvalue weighted by Crippen LogP contribution is 2.24. The molecule has 4 N–H and O–H groups in total. The van der Waals surface area contributed by atoms with Crippen molar-refractivity contribution in [2.45, 2.75) is 13.5 Å². The van der Waals surface area contributed by atoms with Crippen LogP contribution in [0, 0.1) is 17.0 Å². The van der Waals surface area contributed by atoms with Gasteiger partial charge in [0.2, 0.25) is 0 Å². The van der Waals surface area contributed by atoms with E-state index in [4.69, 9.17) is 5.84 Å². The van der Waals surface area contributed by atoms with E-state index in [1.807, 2.05) is 25.1 Å². The first-order chi connectivity index (χ1) is 9.58. The quantitative estimate of drug-likeness (QED) is 0.438. The molecule has 7 nitrogen and oxygen atoms in total. The number of rotatable bonds is 5. The van der Waals surface area contributed by atoms with Gasteiger partial charge in [-0.3, -0.25) is 20.9 Å². The second-order valence-electron chi connectivity index (χ2n) is 4.29. The molecule has 0 aliphatic carbocycles. The average molecular weight is 273 g/mol. The smallest absolute Gasteiger partial charge is 0.273 e. The van der Waals surface area contributed by atoms with Gasteiger partial charge in [0, 0.05) is 23.5 Å². The highest BCUT2D eigenvalue weighted by atomic mass is 16.6. The van der Waals surface area contributed by atoms with E-state index in [0.717, 1.165) is 11.4 Å². The van der Waals surface area contributed by atoms with Crippen molar-refractivity contribution in [2.24, 2.45) is 5.84 Å². The number of hydrogen-bond acceptors (Lipinski definition) is 6. The summed E-state index contributed by atoms with van der Waals surface area (Å²) < 4.78 is 0. The number of pyridine rings is 1. The summed E-state index contributed by atoms with van der Waals surface area (Å²) in [6, 6.07) is 10.2. The molecule has 0 fully saturated rings. The lowest BCUT2D eigenvalue weighted by atomic mass is 10.2. The zero-order chi connectivity index (χ0) is 14.5. The van der Waals surface area contributed by atoms with Gasteiger partial charge in [-0.05, 0) is 25.1 Å². The largest absolute Gasteiger partial charge is 0.379 e. The van der Waals surface area contributed by atoms with Gasteiger partial charge in [0.15, 0.2) is 0 Å². The van der Waals surface area contributed by atoms with E-state index in [1.54, 1.807) is 6.07 Å². The Hall–Kier alpha value is -2.67. The molecule has 0 bridgehead atoms. The zero-order valence-corrected chi connectivity index (χ0v) is 11.0. The SMILES string of the molecule is Cc1cccc(CNc2cc(NN)cc([N+](=O)[O-])c2)n1. The normalized spacial score (nSPS) is 10.1. The van der Waals surface area contributed by atoms with Crippen LogP contribution < -0.4 is 16.6 Å². The van der Waals surface area contributed by atoms with E-state index in [2.05, 4.69) is 15.7 Å². The van der Waals surface area contributed by atoms with Crippen molar-refractivity contribution in [3.05, 3.63) is 57.9 Å². The summed E-state index contributed by atoms with van der Waals surface area (Å²) in [5.74, 6) is 5.30. The molecule has 2 aromatic rings. The molecule has 0 unspecified atom stereocenters. The third-order valence-electron chi connectivity index (χ3n) is 2.71. The van der Waals surface area contributed by atoms with Crippen LogP contribution in [0.4, 0.5) is 17.1 Å². The maximum absolute atomic E-state index is 10.8. The molecule has 0 saturated carbocycles. The van der Waals surface area contributed by atoms with Gasteiger partial charge < -0.3 is 10.7 Å². The first kappa shape index (κ1) is 13.8. The first-order valence-electron chi connectivity index (χ1n) is 6.01. The summed E-state index contributed by atoms with van der Waals surface area (Å²) in [6.07, 6.45) is 0. The predicted molar refractivity (Wildman–Crippen MR) is 77.2 cm³/mol. The fourth-order valence-electron chi connectivity index (χ4n) is 1.79. The van der Waals surface area contributed by atoms with Crippen molar-refractivity contribution in [1.82, 2.24) is 4.98 Å². The Balaban J connectivity index is 2.16. The lowest BCUT2D eigenvalue weighted by molar-refractivity contribution is -0.384. The Labute approximate surface area is 116 Å². The Kier molecular flexibility index (Phi) is 4.11. The van der Waals surface area contributed by atoms with E-state index >= 15 is 0 Å². The van der Waals surface area contributed by atoms with Crippen LogP contribution in [0.5, 0.6) is 0 Å². The Bertz CT molecular complexity index is 630. The molecule has 2 rings (SSSR count). The van der Waals surface area contributed by atoms with E-state index in [1.165, 1.54) is 12.1 Å². The molecule has 1 aromatic carbocycles. The number of nitrogens with two attached hydrogens (primary N) is 1. The van der Waals surface area contributed by atoms with E-state index < -0.39 is 4.92 Å². The third-order valence-corrected chi connectivity index (χ3v) is 2.71. The van der Waals surface area contributed by atoms with Gasteiger partial charge >= 0.3 is 0 Å². The number of hydrazine groups is 1. The molecule has 0 atom stereocenters. The summed E-state index contributed by atoms with van der Waals surface area (Å²) in [7, 11) is 0. The summed E-state index contributed by atoms with van der Waals surface area (Å²) in [5, 5.41) is 13.9. The average Bonchev–Trinajstić information content (AvgIpc) is 2.45. The second-order valence-corrected chi connectivity index (χ2v) is 4.29. The van der Waals surface area contributed by atoms with Gasteiger partial charge in [-0.25, -0.2) is 0 Å². The molecular formula is C13H15N5O2. The van der Waals surface area contributed by atoms with Crippen molar-refractivity contribution in [3.63, 3.8) is 0 Å². The number of benzene rings is 1. The maximum atomic E-state index is 10.8. The minimum atomic E-state index is -0.461. The molecule has 0 aliphatic rings. The van der Waals surface area contributed by atoms with Crippen molar-refractivity contribution in [3.8, 4) is 0 Å². The van der Waals surface area contributed by atoms with Crippen LogP contribution in [-0.4, -0.2) is 9.91 Å². The number of aromatic nitrogens is 1. The first-order valence-corrected chi connectivity index (χ1v) is 6.01. The molecule has 1 aromatic heterocycles. The van der Waals surface area contributed by atoms with Crippen LogP contribution in [0.15, 0.2) is 36.4 Å². The summed E-state index contributed by atoms with van der Waals surface area (Å²) >= 11 is 0. The monoisotopic (exact) mass is 273 g/mol. The topological polar surface area (TPSA) is 106 Å². The highest BCUT2D eigenvalue weighted by molar-refractivity contribution is 5.63. The van der Waals surface area contributed by atoms with Gasteiger partial charge in [0.25, 0.3) is 5.69 Å². The number of nitro groups is 1. The van der Waals surface area contributed by atoms with E-state index in [0.29, 0.717) is 17.9 Å². The molecule has 0 radical (unpaired) electrons. The number of nitrogen functional groups attached to an aromatic ring is 1. The van der Waals surface area contributed by atoms with Gasteiger partial charge in [-0.1, -0.05) is 6.07 Å². The Morgan fingerprint density at radius 1 is 1.30 bits per heavy atom. The second kappa shape index (κ2) is 5.98. The van der Waals surface area contributed by atoms with E-state index in [9.17, 15) is 10.1 Å². The number of aryl methyl sites for hydroxylation is 1. The van der Waals surface area contributed by atoms with E-state index in [-0.39, 0.29) is 5.69 Å². The van der Waals surface area contributed by atoms with Crippen molar-refractivity contribution < 1.29 is 4.92 Å². The van der Waals surface area contributed by atoms with Gasteiger partial charge in [-0.2, -0.15) is 0 Å². The molecule has 7 heteroatoms. The minimum absolute atomic E-state index is 0.0276. The lowest BCUT2D eigenvalue weighted by Gasteiger charge is -2.08. The standard InChI is InChI=1S/C13H15N5O2/c1-9-3-2-4-10(16-9)8-15-11-5-12(17-14)7-13(6-11)18(19)20/h2-7,15,17H,8,14H2,1H3. The van der Waals surface area contributed by atoms with Gasteiger partial charge in [0.05, 0.1) is 22.8 Å². The molecule has 0 saturated heterocycles. The number of non-ortho nitro benzene ring substituents is 1. The van der Waals surface area contributed by atoms with Crippen molar-refractivity contribution in [2.75, 3.05) is 10.7 Å². The number of nitrogens with zero attached hydrogens (tertiary/aromatic N) is 2. The summed E-state index contributed by atoms with van der Waals surface area (Å²) in [5.41, 5.74) is 5.24. The predicted octanol–water partition coefficient (Wildman–Crippen LogP) is 2.20. The number of anilines is 2. The van der Waals surface area contributed by atoms with Crippen LogP contribution in [0.25, 0.3) is 0 Å².